The summed E-state index contributed by atoms with van der Waals surface area (Å²) in [5.41, 5.74) is 3.40. The molecule has 7 heteroatoms. The van der Waals surface area contributed by atoms with Crippen LogP contribution in [-0.2, 0) is 9.59 Å². The number of carbonyl (C=O) groups is 3. The Hall–Kier alpha value is -3.12. The predicted octanol–water partition coefficient (Wildman–Crippen LogP) is 4.80. The van der Waals surface area contributed by atoms with Crippen molar-refractivity contribution in [3.63, 3.8) is 0 Å². The van der Waals surface area contributed by atoms with Crippen molar-refractivity contribution >= 4 is 40.7 Å². The molecule has 3 amide bonds. The van der Waals surface area contributed by atoms with Crippen LogP contribution in [0.5, 0.6) is 0 Å². The Balaban J connectivity index is 1.47. The lowest BCUT2D eigenvalue weighted by Crippen LogP contribution is -2.36. The fraction of sp³-hybridized carbons (Fsp3) is 0.320. The maximum atomic E-state index is 13.0. The number of halogens is 1. The first-order chi connectivity index (χ1) is 15.3. The molecular formula is C25H26ClN3O3. The van der Waals surface area contributed by atoms with Crippen LogP contribution in [0.4, 0.5) is 11.4 Å². The third-order valence-corrected chi connectivity index (χ3v) is 6.34. The molecule has 0 atom stereocenters. The van der Waals surface area contributed by atoms with Crippen molar-refractivity contribution < 1.29 is 14.4 Å². The fourth-order valence-corrected chi connectivity index (χ4v) is 4.37. The molecule has 0 unspecified atom stereocenters. The minimum atomic E-state index is -0.559. The molecule has 6 nitrogen and oxygen atoms in total. The molecule has 1 heterocycles. The van der Waals surface area contributed by atoms with Crippen LogP contribution >= 0.6 is 11.6 Å². The number of rotatable bonds is 5. The lowest BCUT2D eigenvalue weighted by Gasteiger charge is -2.22. The van der Waals surface area contributed by atoms with Crippen molar-refractivity contribution in [1.82, 2.24) is 5.32 Å². The summed E-state index contributed by atoms with van der Waals surface area (Å²) in [6.07, 6.45) is 5.56. The molecule has 0 aromatic heterocycles. The van der Waals surface area contributed by atoms with Crippen molar-refractivity contribution in [3.8, 4) is 0 Å². The van der Waals surface area contributed by atoms with Gasteiger partial charge in [-0.15, -0.1) is 0 Å². The summed E-state index contributed by atoms with van der Waals surface area (Å²) in [4.78, 5) is 39.4. The minimum absolute atomic E-state index is 0.0250. The van der Waals surface area contributed by atoms with E-state index in [1.807, 2.05) is 26.0 Å². The van der Waals surface area contributed by atoms with E-state index in [4.69, 9.17) is 11.6 Å². The van der Waals surface area contributed by atoms with Gasteiger partial charge in [0.05, 0.1) is 5.69 Å². The van der Waals surface area contributed by atoms with E-state index < -0.39 is 11.8 Å². The van der Waals surface area contributed by atoms with Crippen LogP contribution in [0.3, 0.4) is 0 Å². The highest BCUT2D eigenvalue weighted by Gasteiger charge is 2.39. The summed E-state index contributed by atoms with van der Waals surface area (Å²) in [5.74, 6) is -1.17. The second-order valence-electron chi connectivity index (χ2n) is 8.44. The molecule has 0 radical (unpaired) electrons. The number of benzene rings is 2. The Morgan fingerprint density at radius 2 is 1.66 bits per heavy atom. The van der Waals surface area contributed by atoms with Gasteiger partial charge in [-0.2, -0.15) is 0 Å². The number of carbonyl (C=O) groups excluding carboxylic acids is 3. The largest absolute Gasteiger partial charge is 0.350 e. The van der Waals surface area contributed by atoms with Gasteiger partial charge in [-0.1, -0.05) is 43.0 Å². The quantitative estimate of drug-likeness (QED) is 0.640. The maximum Gasteiger partial charge on any atom is 0.283 e. The molecule has 1 aliphatic heterocycles. The molecule has 4 rings (SSSR count). The summed E-state index contributed by atoms with van der Waals surface area (Å²) in [7, 11) is 0. The SMILES string of the molecule is Cc1ccc(C)c(N2C(=O)C(Cl)=C(Nc3ccc(C(=O)NC4CCCCC4)cc3)C2=O)c1. The van der Waals surface area contributed by atoms with Crippen LogP contribution in [0.2, 0.25) is 0 Å². The molecule has 166 valence electrons. The highest BCUT2D eigenvalue weighted by molar-refractivity contribution is 6.53. The Bertz CT molecular complexity index is 1100. The molecule has 1 saturated carbocycles. The monoisotopic (exact) mass is 451 g/mol. The topological polar surface area (TPSA) is 78.5 Å². The van der Waals surface area contributed by atoms with Crippen LogP contribution in [-0.4, -0.2) is 23.8 Å². The molecule has 1 fully saturated rings. The normalized spacial score (nSPS) is 17.2. The number of nitrogens with one attached hydrogen (secondary N) is 2. The molecule has 2 aromatic rings. The summed E-state index contributed by atoms with van der Waals surface area (Å²) in [5, 5.41) is 5.88. The third kappa shape index (κ3) is 4.41. The van der Waals surface area contributed by atoms with Gasteiger partial charge in [-0.25, -0.2) is 4.90 Å². The first-order valence-electron chi connectivity index (χ1n) is 10.9. The average molecular weight is 452 g/mol. The molecule has 2 aromatic carbocycles. The van der Waals surface area contributed by atoms with Gasteiger partial charge in [0.25, 0.3) is 17.7 Å². The van der Waals surface area contributed by atoms with Crippen molar-refractivity contribution in [2.75, 3.05) is 10.2 Å². The number of hydrogen-bond acceptors (Lipinski definition) is 4. The molecule has 1 aliphatic carbocycles. The number of aryl methyl sites for hydroxylation is 2. The van der Waals surface area contributed by atoms with Gasteiger partial charge in [0.15, 0.2) is 0 Å². The molecule has 0 bridgehead atoms. The predicted molar refractivity (Wildman–Crippen MR) is 126 cm³/mol. The van der Waals surface area contributed by atoms with Gasteiger partial charge in [0.1, 0.15) is 10.7 Å². The minimum Gasteiger partial charge on any atom is -0.350 e. The fourth-order valence-electron chi connectivity index (χ4n) is 4.16. The first-order valence-corrected chi connectivity index (χ1v) is 11.3. The number of imide groups is 1. The van der Waals surface area contributed by atoms with Gasteiger partial charge in [0, 0.05) is 17.3 Å². The number of amides is 3. The molecule has 0 spiro atoms. The zero-order valence-corrected chi connectivity index (χ0v) is 19.0. The number of anilines is 2. The number of nitrogens with zero attached hydrogens (tertiary/aromatic N) is 1. The van der Waals surface area contributed by atoms with Gasteiger partial charge in [-0.3, -0.25) is 14.4 Å². The van der Waals surface area contributed by atoms with E-state index in [1.54, 1.807) is 30.3 Å². The van der Waals surface area contributed by atoms with Crippen LogP contribution in [0.15, 0.2) is 53.2 Å². The van der Waals surface area contributed by atoms with Crippen molar-refractivity contribution in [1.29, 1.82) is 0 Å². The highest BCUT2D eigenvalue weighted by atomic mass is 35.5. The Morgan fingerprint density at radius 1 is 0.969 bits per heavy atom. The van der Waals surface area contributed by atoms with E-state index in [0.717, 1.165) is 41.7 Å². The van der Waals surface area contributed by atoms with E-state index in [9.17, 15) is 14.4 Å². The van der Waals surface area contributed by atoms with Gasteiger partial charge in [-0.05, 0) is 68.1 Å². The van der Waals surface area contributed by atoms with Crippen LogP contribution in [0, 0.1) is 13.8 Å². The van der Waals surface area contributed by atoms with Crippen LogP contribution in [0.1, 0.15) is 53.6 Å². The zero-order valence-electron chi connectivity index (χ0n) is 18.2. The van der Waals surface area contributed by atoms with Crippen molar-refractivity contribution in [2.24, 2.45) is 0 Å². The lowest BCUT2D eigenvalue weighted by atomic mass is 9.95. The summed E-state index contributed by atoms with van der Waals surface area (Å²) in [6.45, 7) is 3.74. The summed E-state index contributed by atoms with van der Waals surface area (Å²) in [6, 6.07) is 12.6. The first kappa shape index (κ1) is 22.1. The van der Waals surface area contributed by atoms with Gasteiger partial charge in [0.2, 0.25) is 0 Å². The third-order valence-electron chi connectivity index (χ3n) is 5.99. The van der Waals surface area contributed by atoms with E-state index in [-0.39, 0.29) is 22.7 Å². The Morgan fingerprint density at radius 3 is 2.34 bits per heavy atom. The number of hydrogen-bond donors (Lipinski definition) is 2. The lowest BCUT2D eigenvalue weighted by molar-refractivity contribution is -0.120. The standard InChI is InChI=1S/C25H26ClN3O3/c1-15-8-9-16(2)20(14-15)29-24(31)21(26)22(25(29)32)27-19-12-10-17(11-13-19)23(30)28-18-6-4-3-5-7-18/h8-14,18,27H,3-7H2,1-2H3,(H,28,30). The van der Waals surface area contributed by atoms with E-state index in [2.05, 4.69) is 10.6 Å². The van der Waals surface area contributed by atoms with E-state index in [1.165, 1.54) is 6.42 Å². The van der Waals surface area contributed by atoms with Crippen LogP contribution < -0.4 is 15.5 Å². The molecular weight excluding hydrogens is 426 g/mol. The molecule has 32 heavy (non-hydrogen) atoms. The second-order valence-corrected chi connectivity index (χ2v) is 8.81. The molecule has 2 N–H and O–H groups in total. The Kier molecular flexibility index (Phi) is 6.33. The summed E-state index contributed by atoms with van der Waals surface area (Å²) >= 11 is 6.24. The smallest absolute Gasteiger partial charge is 0.283 e. The Labute approximate surface area is 192 Å². The summed E-state index contributed by atoms with van der Waals surface area (Å²) < 4.78 is 0. The van der Waals surface area contributed by atoms with E-state index >= 15 is 0 Å². The van der Waals surface area contributed by atoms with E-state index in [0.29, 0.717) is 16.9 Å². The van der Waals surface area contributed by atoms with Crippen molar-refractivity contribution in [3.05, 3.63) is 69.9 Å². The van der Waals surface area contributed by atoms with Crippen molar-refractivity contribution in [2.45, 2.75) is 52.0 Å². The zero-order chi connectivity index (χ0) is 22.8. The molecule has 0 saturated heterocycles. The highest BCUT2D eigenvalue weighted by Crippen LogP contribution is 2.32. The van der Waals surface area contributed by atoms with Crippen LogP contribution in [0.25, 0.3) is 0 Å². The molecule has 2 aliphatic rings. The van der Waals surface area contributed by atoms with Gasteiger partial charge < -0.3 is 10.6 Å². The maximum absolute atomic E-state index is 13.0. The van der Waals surface area contributed by atoms with Gasteiger partial charge >= 0.3 is 0 Å². The average Bonchev–Trinajstić information content (AvgIpc) is 3.00. The second kappa shape index (κ2) is 9.17.